The second-order valence-electron chi connectivity index (χ2n) is 12.1. The van der Waals surface area contributed by atoms with Crippen molar-refractivity contribution in [3.8, 4) is 17.2 Å². The number of esters is 2. The summed E-state index contributed by atoms with van der Waals surface area (Å²) < 4.78 is 32.8. The van der Waals surface area contributed by atoms with Crippen molar-refractivity contribution in [1.29, 1.82) is 0 Å². The Labute approximate surface area is 282 Å². The molecular weight excluding hydrogens is 622 g/mol. The molecule has 0 radical (unpaired) electrons. The third-order valence-corrected chi connectivity index (χ3v) is 8.44. The zero-order valence-electron chi connectivity index (χ0n) is 28.7. The third-order valence-electron chi connectivity index (χ3n) is 8.44. The van der Waals surface area contributed by atoms with Crippen LogP contribution in [-0.2, 0) is 39.8 Å². The molecule has 48 heavy (non-hydrogen) atoms. The number of piperidine rings is 1. The summed E-state index contributed by atoms with van der Waals surface area (Å²) in [5, 5.41) is 8.76. The zero-order chi connectivity index (χ0) is 35.1. The van der Waals surface area contributed by atoms with Crippen LogP contribution in [0.2, 0.25) is 0 Å². The van der Waals surface area contributed by atoms with Crippen LogP contribution >= 0.6 is 0 Å². The molecule has 1 amide bonds. The number of Topliss-reactive ketones (excluding diaryl/α,β-unsaturated/α-hetero) is 1. The van der Waals surface area contributed by atoms with Crippen LogP contribution in [0.1, 0.15) is 70.1 Å². The second kappa shape index (κ2) is 19.0. The van der Waals surface area contributed by atoms with Gasteiger partial charge in [0, 0.05) is 12.0 Å². The number of amides is 1. The molecule has 3 rings (SSSR count). The van der Waals surface area contributed by atoms with Gasteiger partial charge < -0.3 is 38.4 Å². The Morgan fingerprint density at radius 3 is 2.46 bits per heavy atom. The lowest BCUT2D eigenvalue weighted by Gasteiger charge is -2.36. The summed E-state index contributed by atoms with van der Waals surface area (Å²) in [5.74, 6) is -0.818. The molecule has 0 saturated carbocycles. The molecule has 12 nitrogen and oxygen atoms in total. The van der Waals surface area contributed by atoms with E-state index in [-0.39, 0.29) is 33.0 Å². The fourth-order valence-electron chi connectivity index (χ4n) is 5.22. The van der Waals surface area contributed by atoms with Gasteiger partial charge in [0.25, 0.3) is 5.91 Å². The highest BCUT2D eigenvalue weighted by molar-refractivity contribution is 6.38. The van der Waals surface area contributed by atoms with E-state index in [0.29, 0.717) is 61.5 Å². The van der Waals surface area contributed by atoms with Gasteiger partial charge in [-0.05, 0) is 73.9 Å². The summed E-state index contributed by atoms with van der Waals surface area (Å²) in [6, 6.07) is 11.6. The van der Waals surface area contributed by atoms with E-state index in [9.17, 15) is 19.2 Å². The SMILES string of the molecule is CCC(C)(C)C(=O)C(=O)N1CCCC[C@H]1C(=O)O[C@H](CCc1ccc(OC)c(OC)c1)c1cccc(OCC(=O)OCCOCCO)c1. The van der Waals surface area contributed by atoms with Crippen molar-refractivity contribution >= 4 is 23.6 Å². The van der Waals surface area contributed by atoms with Gasteiger partial charge >= 0.3 is 11.9 Å². The smallest absolute Gasteiger partial charge is 0.344 e. The molecule has 0 aliphatic carbocycles. The number of nitrogens with zero attached hydrogens (tertiary/aromatic N) is 1. The minimum absolute atomic E-state index is 0.0264. The van der Waals surface area contributed by atoms with Crippen LogP contribution in [0.15, 0.2) is 42.5 Å². The van der Waals surface area contributed by atoms with Gasteiger partial charge in [0.2, 0.25) is 5.78 Å². The van der Waals surface area contributed by atoms with Crippen LogP contribution in [0, 0.1) is 5.41 Å². The quantitative estimate of drug-likeness (QED) is 0.130. The molecule has 12 heteroatoms. The normalized spacial score (nSPS) is 15.3. The van der Waals surface area contributed by atoms with E-state index < -0.39 is 41.2 Å². The van der Waals surface area contributed by atoms with Crippen molar-refractivity contribution in [3.05, 3.63) is 53.6 Å². The molecule has 0 bridgehead atoms. The molecule has 1 aliphatic rings. The first kappa shape index (κ1) is 38.3. The predicted molar refractivity (Wildman–Crippen MR) is 176 cm³/mol. The Hall–Kier alpha value is -4.16. The van der Waals surface area contributed by atoms with Gasteiger partial charge in [-0.2, -0.15) is 0 Å². The average Bonchev–Trinajstić information content (AvgIpc) is 3.11. The molecule has 1 heterocycles. The Balaban J connectivity index is 1.80. The minimum Gasteiger partial charge on any atom is -0.493 e. The highest BCUT2D eigenvalue weighted by Gasteiger charge is 2.41. The largest absolute Gasteiger partial charge is 0.493 e. The number of benzene rings is 2. The fourth-order valence-corrected chi connectivity index (χ4v) is 5.22. The lowest BCUT2D eigenvalue weighted by molar-refractivity contribution is -0.164. The topological polar surface area (TPSA) is 147 Å². The Bertz CT molecular complexity index is 1380. The summed E-state index contributed by atoms with van der Waals surface area (Å²) in [6.45, 7) is 5.49. The number of aryl methyl sites for hydroxylation is 1. The highest BCUT2D eigenvalue weighted by Crippen LogP contribution is 2.32. The Morgan fingerprint density at radius 1 is 0.979 bits per heavy atom. The molecule has 2 atom stereocenters. The van der Waals surface area contributed by atoms with Gasteiger partial charge in [-0.15, -0.1) is 0 Å². The van der Waals surface area contributed by atoms with Gasteiger partial charge in [0.15, 0.2) is 18.1 Å². The lowest BCUT2D eigenvalue weighted by Crippen LogP contribution is -2.53. The number of hydrogen-bond acceptors (Lipinski definition) is 11. The monoisotopic (exact) mass is 671 g/mol. The summed E-state index contributed by atoms with van der Waals surface area (Å²) in [6.07, 6.45) is 2.43. The Kier molecular flexibility index (Phi) is 15.1. The van der Waals surface area contributed by atoms with E-state index in [1.165, 1.54) is 4.90 Å². The summed E-state index contributed by atoms with van der Waals surface area (Å²) in [7, 11) is 3.12. The minimum atomic E-state index is -0.887. The van der Waals surface area contributed by atoms with Gasteiger partial charge in [0.1, 0.15) is 24.5 Å². The van der Waals surface area contributed by atoms with Crippen LogP contribution in [0.4, 0.5) is 0 Å². The first-order chi connectivity index (χ1) is 23.0. The molecule has 1 aliphatic heterocycles. The Morgan fingerprint density at radius 2 is 1.75 bits per heavy atom. The van der Waals surface area contributed by atoms with Gasteiger partial charge in [-0.25, -0.2) is 9.59 Å². The maximum Gasteiger partial charge on any atom is 0.344 e. The highest BCUT2D eigenvalue weighted by atomic mass is 16.6. The third kappa shape index (κ3) is 10.9. The van der Waals surface area contributed by atoms with Crippen molar-refractivity contribution < 1.29 is 52.7 Å². The zero-order valence-corrected chi connectivity index (χ0v) is 28.7. The van der Waals surface area contributed by atoms with E-state index in [4.69, 9.17) is 33.5 Å². The number of rotatable bonds is 19. The number of methoxy groups -OCH3 is 2. The van der Waals surface area contributed by atoms with Crippen LogP contribution in [-0.4, -0.2) is 93.5 Å². The fraction of sp³-hybridized carbons (Fsp3) is 0.556. The van der Waals surface area contributed by atoms with Crippen molar-refractivity contribution in [2.45, 2.75) is 71.4 Å². The van der Waals surface area contributed by atoms with Gasteiger partial charge in [-0.3, -0.25) is 9.59 Å². The number of aliphatic hydroxyl groups excluding tert-OH is 1. The molecule has 1 saturated heterocycles. The first-order valence-electron chi connectivity index (χ1n) is 16.4. The molecule has 1 N–H and O–H groups in total. The number of carbonyl (C=O) groups is 4. The van der Waals surface area contributed by atoms with Gasteiger partial charge in [0.05, 0.1) is 34.0 Å². The molecule has 264 valence electrons. The number of carbonyl (C=O) groups excluding carboxylic acids is 4. The average molecular weight is 672 g/mol. The van der Waals surface area contributed by atoms with E-state index in [1.807, 2.05) is 25.1 Å². The second-order valence-corrected chi connectivity index (χ2v) is 12.1. The molecular formula is C36H49NO11. The van der Waals surface area contributed by atoms with Crippen molar-refractivity contribution in [3.63, 3.8) is 0 Å². The molecule has 0 aromatic heterocycles. The van der Waals surface area contributed by atoms with Crippen LogP contribution < -0.4 is 14.2 Å². The number of hydrogen-bond donors (Lipinski definition) is 1. The van der Waals surface area contributed by atoms with E-state index in [1.54, 1.807) is 52.3 Å². The first-order valence-corrected chi connectivity index (χ1v) is 16.4. The molecule has 1 fully saturated rings. The lowest BCUT2D eigenvalue weighted by atomic mass is 9.84. The molecule has 2 aromatic carbocycles. The van der Waals surface area contributed by atoms with Crippen LogP contribution in [0.25, 0.3) is 0 Å². The van der Waals surface area contributed by atoms with E-state index in [0.717, 1.165) is 12.0 Å². The maximum absolute atomic E-state index is 13.8. The standard InChI is InChI=1S/C36H49NO11/c1-6-36(2,3)33(40)34(41)37-17-8-7-12-28(37)35(42)48-29(15-13-25-14-16-30(43-4)31(22-25)44-5)26-10-9-11-27(23-26)47-24-32(39)46-21-20-45-19-18-38/h9-11,14,16,22-23,28-29,38H,6-8,12-13,15,17-21,24H2,1-5H3/t28-,29+/m0/s1. The van der Waals surface area contributed by atoms with Crippen LogP contribution in [0.5, 0.6) is 17.2 Å². The maximum atomic E-state index is 13.8. The van der Waals surface area contributed by atoms with Crippen molar-refractivity contribution in [2.24, 2.45) is 5.41 Å². The number of likely N-dealkylation sites (tertiary alicyclic amines) is 1. The number of ether oxygens (including phenoxy) is 6. The summed E-state index contributed by atoms with van der Waals surface area (Å²) in [4.78, 5) is 53.8. The molecule has 0 unspecified atom stereocenters. The van der Waals surface area contributed by atoms with Gasteiger partial charge in [-0.1, -0.05) is 39.0 Å². The number of ketones is 1. The van der Waals surface area contributed by atoms with Crippen LogP contribution in [0.3, 0.4) is 0 Å². The van der Waals surface area contributed by atoms with E-state index >= 15 is 0 Å². The van der Waals surface area contributed by atoms with Crippen molar-refractivity contribution in [2.75, 3.05) is 53.8 Å². The summed E-state index contributed by atoms with van der Waals surface area (Å²) in [5.41, 5.74) is 0.712. The molecule has 2 aromatic rings. The predicted octanol–water partition coefficient (Wildman–Crippen LogP) is 4.24. The van der Waals surface area contributed by atoms with E-state index in [2.05, 4.69) is 0 Å². The number of aliphatic hydroxyl groups is 1. The van der Waals surface area contributed by atoms with Crippen molar-refractivity contribution in [1.82, 2.24) is 4.90 Å². The molecule has 0 spiro atoms. The summed E-state index contributed by atoms with van der Waals surface area (Å²) >= 11 is 0.